The number of nitriles is 2. The highest BCUT2D eigenvalue weighted by atomic mass is 15.2. The number of hydrogen-bond donors (Lipinski definition) is 0. The lowest BCUT2D eigenvalue weighted by Gasteiger charge is -2.44. The second-order valence-corrected chi connectivity index (χ2v) is 22.6. The Balaban J connectivity index is 0.862. The smallest absolute Gasteiger partial charge is 0.0991 e. The highest BCUT2D eigenvalue weighted by Crippen LogP contribution is 2.53. The van der Waals surface area contributed by atoms with Gasteiger partial charge in [0.05, 0.1) is 40.7 Å². The van der Waals surface area contributed by atoms with E-state index in [2.05, 4.69) is 301 Å². The minimum atomic E-state index is -0.246. The molecular formula is C82H52N4. The summed E-state index contributed by atoms with van der Waals surface area (Å²) in [6, 6.07) is 95.8. The summed E-state index contributed by atoms with van der Waals surface area (Å²) in [6.07, 6.45) is 18.6. The van der Waals surface area contributed by atoms with Gasteiger partial charge in [-0.05, 0) is 207 Å². The lowest BCUT2D eigenvalue weighted by atomic mass is 9.67. The molecule has 4 aliphatic carbocycles. The van der Waals surface area contributed by atoms with Crippen molar-refractivity contribution in [1.29, 1.82) is 10.5 Å². The quantitative estimate of drug-likeness (QED) is 0.137. The molecule has 0 aliphatic heterocycles. The Morgan fingerprint density at radius 3 is 1.31 bits per heavy atom. The summed E-state index contributed by atoms with van der Waals surface area (Å²) in [5, 5.41) is 29.8. The molecule has 2 unspecified atom stereocenters. The highest BCUT2D eigenvalue weighted by Gasteiger charge is 2.40. The molecule has 4 nitrogen and oxygen atoms in total. The molecule has 12 aromatic rings. The molecule has 0 amide bonds. The Hall–Kier alpha value is -11.6. The van der Waals surface area contributed by atoms with Gasteiger partial charge in [0.2, 0.25) is 0 Å². The minimum absolute atomic E-state index is 0.0950. The molecule has 0 saturated heterocycles. The molecule has 0 aromatic heterocycles. The van der Waals surface area contributed by atoms with E-state index in [9.17, 15) is 10.5 Å². The van der Waals surface area contributed by atoms with E-state index in [1.54, 1.807) is 0 Å². The van der Waals surface area contributed by atoms with Crippen LogP contribution < -0.4 is 9.80 Å². The van der Waals surface area contributed by atoms with Gasteiger partial charge in [-0.3, -0.25) is 0 Å². The summed E-state index contributed by atoms with van der Waals surface area (Å²) < 4.78 is 0. The Labute approximate surface area is 500 Å². The van der Waals surface area contributed by atoms with Crippen LogP contribution in [0.2, 0.25) is 0 Å². The average Bonchev–Trinajstić information content (AvgIpc) is 1.09. The number of hydrogen-bond acceptors (Lipinski definition) is 4. The fourth-order valence-corrected chi connectivity index (χ4v) is 13.5. The van der Waals surface area contributed by atoms with Crippen molar-refractivity contribution in [1.82, 2.24) is 0 Å². The molecule has 2 atom stereocenters. The maximum Gasteiger partial charge on any atom is 0.0991 e. The van der Waals surface area contributed by atoms with Crippen molar-refractivity contribution in [2.24, 2.45) is 5.92 Å². The number of allylic oxidation sites excluding steroid dienone is 10. The van der Waals surface area contributed by atoms with Crippen molar-refractivity contribution in [3.63, 3.8) is 0 Å². The number of rotatable bonds is 10. The van der Waals surface area contributed by atoms with E-state index < -0.39 is 0 Å². The van der Waals surface area contributed by atoms with Crippen molar-refractivity contribution in [3.8, 4) is 56.6 Å². The first-order valence-corrected chi connectivity index (χ1v) is 29.3. The third kappa shape index (κ3) is 8.68. The van der Waals surface area contributed by atoms with Crippen molar-refractivity contribution in [2.45, 2.75) is 6.04 Å². The summed E-state index contributed by atoms with van der Waals surface area (Å²) in [5.74, 6) is -0.0950. The van der Waals surface area contributed by atoms with Gasteiger partial charge in [-0.2, -0.15) is 10.5 Å². The zero-order valence-electron chi connectivity index (χ0n) is 46.8. The second-order valence-electron chi connectivity index (χ2n) is 22.6. The van der Waals surface area contributed by atoms with Gasteiger partial charge in [-0.1, -0.05) is 200 Å². The molecule has 4 aliphatic rings. The van der Waals surface area contributed by atoms with E-state index >= 15 is 0 Å². The van der Waals surface area contributed by atoms with E-state index in [1.165, 1.54) is 71.0 Å². The maximum atomic E-state index is 10.1. The van der Waals surface area contributed by atoms with E-state index in [0.717, 1.165) is 73.0 Å². The molecule has 0 N–H and O–H groups in total. The van der Waals surface area contributed by atoms with E-state index in [4.69, 9.17) is 0 Å². The van der Waals surface area contributed by atoms with Crippen LogP contribution >= 0.6 is 0 Å². The summed E-state index contributed by atoms with van der Waals surface area (Å²) in [4.78, 5) is 4.90. The molecule has 0 heterocycles. The lowest BCUT2D eigenvalue weighted by Crippen LogP contribution is -2.37. The average molecular weight is 1090 g/mol. The Morgan fingerprint density at radius 1 is 0.349 bits per heavy atom. The summed E-state index contributed by atoms with van der Waals surface area (Å²) >= 11 is 0. The molecule has 0 fully saturated rings. The van der Waals surface area contributed by atoms with Gasteiger partial charge < -0.3 is 9.80 Å². The largest absolute Gasteiger partial charge is 0.330 e. The lowest BCUT2D eigenvalue weighted by molar-refractivity contribution is 0.773. The molecule has 0 radical (unpaired) electrons. The van der Waals surface area contributed by atoms with Crippen molar-refractivity contribution in [2.75, 3.05) is 9.80 Å². The van der Waals surface area contributed by atoms with Crippen LogP contribution in [-0.4, -0.2) is 6.04 Å². The maximum absolute atomic E-state index is 10.1. The Bertz CT molecular complexity index is 5140. The number of benzene rings is 12. The number of fused-ring (bicyclic) bond motifs is 4. The Kier molecular flexibility index (Phi) is 12.1. The Morgan fingerprint density at radius 2 is 0.791 bits per heavy atom. The van der Waals surface area contributed by atoms with Gasteiger partial charge >= 0.3 is 0 Å². The van der Waals surface area contributed by atoms with Crippen LogP contribution in [0.5, 0.6) is 0 Å². The monoisotopic (exact) mass is 1090 g/mol. The van der Waals surface area contributed by atoms with Gasteiger partial charge in [0.15, 0.2) is 0 Å². The van der Waals surface area contributed by atoms with Crippen molar-refractivity contribution in [3.05, 3.63) is 348 Å². The molecule has 0 spiro atoms. The molecule has 12 aromatic carbocycles. The topological polar surface area (TPSA) is 54.1 Å². The fourth-order valence-electron chi connectivity index (χ4n) is 13.5. The van der Waals surface area contributed by atoms with Crippen LogP contribution in [0.25, 0.3) is 87.6 Å². The van der Waals surface area contributed by atoms with E-state index in [1.807, 2.05) is 24.3 Å². The zero-order valence-corrected chi connectivity index (χ0v) is 46.8. The zero-order chi connectivity index (χ0) is 57.2. The molecule has 86 heavy (non-hydrogen) atoms. The third-order valence-electron chi connectivity index (χ3n) is 17.8. The van der Waals surface area contributed by atoms with Gasteiger partial charge in [0.1, 0.15) is 0 Å². The molecule has 400 valence electrons. The van der Waals surface area contributed by atoms with Crippen LogP contribution in [0.15, 0.2) is 337 Å². The van der Waals surface area contributed by atoms with Crippen LogP contribution in [0.1, 0.15) is 11.1 Å². The number of nitrogens with zero attached hydrogens (tertiary/aromatic N) is 4. The van der Waals surface area contributed by atoms with Gasteiger partial charge in [0, 0.05) is 34.1 Å². The molecule has 0 saturated carbocycles. The molecule has 16 rings (SSSR count). The second kappa shape index (κ2) is 20.7. The van der Waals surface area contributed by atoms with E-state index in [-0.39, 0.29) is 12.0 Å². The third-order valence-corrected chi connectivity index (χ3v) is 17.8. The SMILES string of the molecule is N#Cc1ccc(N(C2=C3C=CC4=C5C(=CC=C(C=C2)C35)C(N(c2ccc(C#N)cc2)c2ccc(-c3ccc5ccccc5c3)cc2-c2ccc3ccccc3c2)C=C4)c2ccc(-c3ccc4ccccc4c3)cc2-c2ccc3ccccc3c2)cc1. The highest BCUT2D eigenvalue weighted by molar-refractivity contribution is 5.98. The van der Waals surface area contributed by atoms with Crippen molar-refractivity contribution >= 4 is 65.8 Å². The predicted octanol–water partition coefficient (Wildman–Crippen LogP) is 20.8. The van der Waals surface area contributed by atoms with Crippen LogP contribution in [0, 0.1) is 28.6 Å². The summed E-state index contributed by atoms with van der Waals surface area (Å²) in [7, 11) is 0. The first-order chi connectivity index (χ1) is 42.5. The van der Waals surface area contributed by atoms with Crippen LogP contribution in [0.3, 0.4) is 0 Å². The fraction of sp³-hybridized carbons (Fsp3) is 0.0244. The molecule has 4 heteroatoms. The standard InChI is InChI=1S/C82H52N4/c83-51-53-17-35-71(36-18-53)85(79-43-33-67(65-25-21-55-9-1-5-13-61(55)45-65)49-75(79)69-27-23-57-11-3-7-15-63(57)47-69)77-41-31-59-30-40-74-78(42-32-60-29-39-73(77)81(59)82(60)74)86(72-37-19-54(52-84)20-38-72)80-44-34-68(66-26-22-56-10-2-6-14-62(56)46-66)50-76(80)70-28-24-58-12-4-8-16-64(58)48-70/h1-50,77,82H. The molecule has 0 bridgehead atoms. The first kappa shape index (κ1) is 50.2. The summed E-state index contributed by atoms with van der Waals surface area (Å²) in [6.45, 7) is 0. The predicted molar refractivity (Wildman–Crippen MR) is 356 cm³/mol. The van der Waals surface area contributed by atoms with Crippen molar-refractivity contribution < 1.29 is 0 Å². The van der Waals surface area contributed by atoms with Crippen LogP contribution in [0.4, 0.5) is 22.7 Å². The van der Waals surface area contributed by atoms with Gasteiger partial charge in [0.25, 0.3) is 0 Å². The van der Waals surface area contributed by atoms with E-state index in [0.29, 0.717) is 11.1 Å². The van der Waals surface area contributed by atoms with Crippen LogP contribution in [-0.2, 0) is 0 Å². The molecular weight excluding hydrogens is 1040 g/mol. The normalized spacial score (nSPS) is 15.6. The van der Waals surface area contributed by atoms with Gasteiger partial charge in [-0.15, -0.1) is 0 Å². The minimum Gasteiger partial charge on any atom is -0.330 e. The van der Waals surface area contributed by atoms with Gasteiger partial charge in [-0.25, -0.2) is 0 Å². The first-order valence-electron chi connectivity index (χ1n) is 29.3. The number of anilines is 4. The summed E-state index contributed by atoms with van der Waals surface area (Å²) in [5.41, 5.74) is 21.3.